The fourth-order valence-corrected chi connectivity index (χ4v) is 2.69. The molecule has 0 radical (unpaired) electrons. The molecule has 0 bridgehead atoms. The summed E-state index contributed by atoms with van der Waals surface area (Å²) in [5.41, 5.74) is 1.31. The van der Waals surface area contributed by atoms with Crippen molar-refractivity contribution in [2.24, 2.45) is 0 Å². The molecule has 0 amide bonds. The molecule has 102 valence electrons. The van der Waals surface area contributed by atoms with E-state index >= 15 is 0 Å². The Morgan fingerprint density at radius 1 is 1.26 bits per heavy atom. The topological polar surface area (TPSA) is 92.4 Å². The molecule has 1 heterocycles. The minimum absolute atomic E-state index is 0.0715. The van der Waals surface area contributed by atoms with Crippen LogP contribution in [0.3, 0.4) is 0 Å². The van der Waals surface area contributed by atoms with Gasteiger partial charge in [0.2, 0.25) is 10.0 Å². The molecule has 0 saturated heterocycles. The molecule has 6 nitrogen and oxygen atoms in total. The van der Waals surface area contributed by atoms with E-state index in [-0.39, 0.29) is 18.9 Å². The highest BCUT2D eigenvalue weighted by molar-refractivity contribution is 7.88. The second kappa shape index (κ2) is 5.96. The van der Waals surface area contributed by atoms with E-state index in [4.69, 9.17) is 9.63 Å². The van der Waals surface area contributed by atoms with Crippen LogP contribution in [0.4, 0.5) is 0 Å². The van der Waals surface area contributed by atoms with E-state index in [1.165, 1.54) is 6.20 Å². The van der Waals surface area contributed by atoms with Gasteiger partial charge in [0, 0.05) is 6.07 Å². The zero-order valence-corrected chi connectivity index (χ0v) is 10.9. The summed E-state index contributed by atoms with van der Waals surface area (Å²) < 4.78 is 30.9. The zero-order valence-electron chi connectivity index (χ0n) is 10.1. The number of nitrogens with one attached hydrogen (secondary N) is 1. The van der Waals surface area contributed by atoms with Crippen LogP contribution in [-0.2, 0) is 28.9 Å². The molecule has 19 heavy (non-hydrogen) atoms. The van der Waals surface area contributed by atoms with Gasteiger partial charge in [-0.15, -0.1) is 0 Å². The summed E-state index contributed by atoms with van der Waals surface area (Å²) in [6, 6.07) is 8.40. The summed E-state index contributed by atoms with van der Waals surface area (Å²) >= 11 is 0. The first-order chi connectivity index (χ1) is 9.09. The first kappa shape index (κ1) is 13.7. The van der Waals surface area contributed by atoms with Crippen LogP contribution in [-0.4, -0.2) is 18.7 Å². The van der Waals surface area contributed by atoms with Crippen LogP contribution in [0, 0.1) is 0 Å². The summed E-state index contributed by atoms with van der Waals surface area (Å²) in [4.78, 5) is 0. The van der Waals surface area contributed by atoms with E-state index in [1.54, 1.807) is 30.3 Å². The maximum Gasteiger partial charge on any atom is 0.216 e. The molecule has 0 atom stereocenters. The first-order valence-electron chi connectivity index (χ1n) is 5.64. The number of hydrogen-bond donors (Lipinski definition) is 2. The zero-order chi connectivity index (χ0) is 13.7. The van der Waals surface area contributed by atoms with Gasteiger partial charge in [-0.3, -0.25) is 0 Å². The van der Waals surface area contributed by atoms with Crippen molar-refractivity contribution >= 4 is 10.0 Å². The van der Waals surface area contributed by atoms with Gasteiger partial charge >= 0.3 is 0 Å². The van der Waals surface area contributed by atoms with Crippen molar-refractivity contribution in [3.63, 3.8) is 0 Å². The average Bonchev–Trinajstić information content (AvgIpc) is 2.89. The highest BCUT2D eigenvalue weighted by atomic mass is 32.2. The SMILES string of the molecule is O=S(=O)(Cc1cccc(CO)c1)NCc1ccno1. The van der Waals surface area contributed by atoms with Crippen LogP contribution >= 0.6 is 0 Å². The second-order valence-electron chi connectivity index (χ2n) is 4.04. The van der Waals surface area contributed by atoms with Gasteiger partial charge in [-0.05, 0) is 11.1 Å². The van der Waals surface area contributed by atoms with E-state index in [0.717, 1.165) is 0 Å². The molecule has 0 spiro atoms. The average molecular weight is 282 g/mol. The number of aliphatic hydroxyl groups excluding tert-OH is 1. The van der Waals surface area contributed by atoms with Crippen LogP contribution in [0.1, 0.15) is 16.9 Å². The fourth-order valence-electron chi connectivity index (χ4n) is 1.60. The Labute approximate surface area is 111 Å². The Bertz CT molecular complexity index is 623. The van der Waals surface area contributed by atoms with Crippen molar-refractivity contribution in [1.29, 1.82) is 0 Å². The van der Waals surface area contributed by atoms with Crippen LogP contribution < -0.4 is 4.72 Å². The van der Waals surface area contributed by atoms with E-state index < -0.39 is 10.0 Å². The van der Waals surface area contributed by atoms with Crippen molar-refractivity contribution < 1.29 is 18.0 Å². The van der Waals surface area contributed by atoms with Gasteiger partial charge in [0.05, 0.1) is 25.1 Å². The molecule has 2 rings (SSSR count). The highest BCUT2D eigenvalue weighted by Crippen LogP contribution is 2.09. The van der Waals surface area contributed by atoms with E-state index in [2.05, 4.69) is 9.88 Å². The molecular weight excluding hydrogens is 268 g/mol. The van der Waals surface area contributed by atoms with Gasteiger partial charge in [0.25, 0.3) is 0 Å². The lowest BCUT2D eigenvalue weighted by atomic mass is 10.1. The van der Waals surface area contributed by atoms with Gasteiger partial charge in [-0.1, -0.05) is 29.4 Å². The number of sulfonamides is 1. The van der Waals surface area contributed by atoms with Gasteiger partial charge in [0.1, 0.15) is 0 Å². The molecule has 0 aliphatic heterocycles. The number of hydrogen-bond acceptors (Lipinski definition) is 5. The monoisotopic (exact) mass is 282 g/mol. The smallest absolute Gasteiger partial charge is 0.216 e. The Kier molecular flexibility index (Phi) is 4.31. The van der Waals surface area contributed by atoms with Crippen LogP contribution in [0.5, 0.6) is 0 Å². The van der Waals surface area contributed by atoms with Crippen molar-refractivity contribution in [3.05, 3.63) is 53.4 Å². The predicted molar refractivity (Wildman–Crippen MR) is 68.3 cm³/mol. The van der Waals surface area contributed by atoms with Gasteiger partial charge in [-0.2, -0.15) is 0 Å². The first-order valence-corrected chi connectivity index (χ1v) is 7.30. The second-order valence-corrected chi connectivity index (χ2v) is 5.84. The summed E-state index contributed by atoms with van der Waals surface area (Å²) in [7, 11) is -3.46. The lowest BCUT2D eigenvalue weighted by Gasteiger charge is -2.06. The molecule has 7 heteroatoms. The molecule has 2 N–H and O–H groups in total. The van der Waals surface area contributed by atoms with Crippen LogP contribution in [0.25, 0.3) is 0 Å². The fraction of sp³-hybridized carbons (Fsp3) is 0.250. The molecular formula is C12H14N2O4S. The predicted octanol–water partition coefficient (Wildman–Crippen LogP) is 0.787. The maximum atomic E-state index is 11.9. The third kappa shape index (κ3) is 4.16. The number of rotatable bonds is 6. The molecule has 1 aromatic heterocycles. The molecule has 0 aliphatic carbocycles. The Morgan fingerprint density at radius 2 is 2.05 bits per heavy atom. The summed E-state index contributed by atoms with van der Waals surface area (Å²) in [5.74, 6) is 0.308. The van der Waals surface area contributed by atoms with E-state index in [0.29, 0.717) is 16.9 Å². The highest BCUT2D eigenvalue weighted by Gasteiger charge is 2.12. The van der Waals surface area contributed by atoms with Crippen molar-refractivity contribution in [1.82, 2.24) is 9.88 Å². The lowest BCUT2D eigenvalue weighted by molar-refractivity contribution is 0.282. The quantitative estimate of drug-likeness (QED) is 0.817. The standard InChI is InChI=1S/C12H14N2O4S/c15-8-10-2-1-3-11(6-10)9-19(16,17)14-7-12-4-5-13-18-12/h1-6,14-15H,7-9H2. The number of aromatic nitrogens is 1. The third-order valence-electron chi connectivity index (χ3n) is 2.49. The Hall–Kier alpha value is -1.70. The van der Waals surface area contributed by atoms with Gasteiger partial charge in [0.15, 0.2) is 5.76 Å². The van der Waals surface area contributed by atoms with Gasteiger partial charge < -0.3 is 9.63 Å². The summed E-state index contributed by atoms with van der Waals surface area (Å²) in [6.45, 7) is -0.0403. The molecule has 0 fully saturated rings. The normalized spacial score (nSPS) is 11.6. The molecule has 0 saturated carbocycles. The molecule has 2 aromatic rings. The molecule has 0 unspecified atom stereocenters. The third-order valence-corrected chi connectivity index (χ3v) is 3.79. The van der Waals surface area contributed by atoms with Crippen LogP contribution in [0.2, 0.25) is 0 Å². The van der Waals surface area contributed by atoms with E-state index in [9.17, 15) is 8.42 Å². The minimum Gasteiger partial charge on any atom is -0.392 e. The minimum atomic E-state index is -3.46. The molecule has 1 aromatic carbocycles. The van der Waals surface area contributed by atoms with Gasteiger partial charge in [-0.25, -0.2) is 13.1 Å². The van der Waals surface area contributed by atoms with Crippen LogP contribution in [0.15, 0.2) is 41.1 Å². The van der Waals surface area contributed by atoms with Crippen molar-refractivity contribution in [2.45, 2.75) is 18.9 Å². The summed E-state index contributed by atoms with van der Waals surface area (Å²) in [5, 5.41) is 12.5. The maximum absolute atomic E-state index is 11.9. The number of nitrogens with zero attached hydrogens (tertiary/aromatic N) is 1. The summed E-state index contributed by atoms with van der Waals surface area (Å²) in [6.07, 6.45) is 1.45. The lowest BCUT2D eigenvalue weighted by Crippen LogP contribution is -2.24. The van der Waals surface area contributed by atoms with Crippen molar-refractivity contribution in [2.75, 3.05) is 0 Å². The largest absolute Gasteiger partial charge is 0.392 e. The molecule has 0 aliphatic rings. The van der Waals surface area contributed by atoms with Crippen molar-refractivity contribution in [3.8, 4) is 0 Å². The Morgan fingerprint density at radius 3 is 2.74 bits per heavy atom. The number of benzene rings is 1. The number of aliphatic hydroxyl groups is 1. The van der Waals surface area contributed by atoms with E-state index in [1.807, 2.05) is 0 Å². The Balaban J connectivity index is 2.00.